The smallest absolute Gasteiger partial charge is 0.353 e. The van der Waals surface area contributed by atoms with Crippen molar-refractivity contribution in [2.75, 3.05) is 13.6 Å². The van der Waals surface area contributed by atoms with Gasteiger partial charge in [0.05, 0.1) is 6.04 Å². The van der Waals surface area contributed by atoms with Crippen molar-refractivity contribution in [3.63, 3.8) is 0 Å². The minimum Gasteiger partial charge on any atom is -0.353 e. The molecule has 1 aliphatic carbocycles. The molecule has 1 saturated carbocycles. The van der Waals surface area contributed by atoms with Gasteiger partial charge in [0, 0.05) is 13.6 Å². The average Bonchev–Trinajstić information content (AvgIpc) is 3.46. The molecule has 0 aromatic carbocycles. The van der Waals surface area contributed by atoms with E-state index in [1.165, 1.54) is 27.8 Å². The van der Waals surface area contributed by atoms with Gasteiger partial charge in [-0.25, -0.2) is 0 Å². The van der Waals surface area contributed by atoms with Gasteiger partial charge in [0.25, 0.3) is 5.91 Å². The Bertz CT molecular complexity index is 835. The lowest BCUT2D eigenvalue weighted by Gasteiger charge is -2.36. The molecule has 4 amide bonds. The Kier molecular flexibility index (Phi) is 8.36. The van der Waals surface area contributed by atoms with Crippen LogP contribution in [0, 0.1) is 17.3 Å². The second-order valence-electron chi connectivity index (χ2n) is 10.2. The first kappa shape index (κ1) is 27.6. The summed E-state index contributed by atoms with van der Waals surface area (Å²) in [5, 5.41) is 6.61. The topological polar surface area (TPSA) is 125 Å². The third-order valence-electron chi connectivity index (χ3n) is 6.25. The molecule has 3 N–H and O–H groups in total. The van der Waals surface area contributed by atoms with Gasteiger partial charge in [-0.15, -0.1) is 0 Å². The van der Waals surface area contributed by atoms with E-state index in [1.54, 1.807) is 12.2 Å². The molecule has 0 spiro atoms. The van der Waals surface area contributed by atoms with Crippen molar-refractivity contribution in [3.8, 4) is 0 Å². The first-order valence-electron chi connectivity index (χ1n) is 11.3. The summed E-state index contributed by atoms with van der Waals surface area (Å²) in [6.45, 7) is 6.34. The Morgan fingerprint density at radius 1 is 1.00 bits per heavy atom. The molecule has 1 aliphatic heterocycles. The monoisotopic (exact) mass is 490 g/mol. The molecule has 2 rings (SSSR count). The van der Waals surface area contributed by atoms with Crippen molar-refractivity contribution < 1.29 is 37.1 Å². The molecular formula is C22H33F3N4O5. The lowest BCUT2D eigenvalue weighted by Crippen LogP contribution is -2.60. The van der Waals surface area contributed by atoms with Gasteiger partial charge in [-0.2, -0.15) is 13.2 Å². The van der Waals surface area contributed by atoms with Gasteiger partial charge in [-0.1, -0.05) is 40.5 Å². The van der Waals surface area contributed by atoms with Crippen LogP contribution in [0.3, 0.4) is 0 Å². The van der Waals surface area contributed by atoms with Gasteiger partial charge in [0.15, 0.2) is 0 Å². The normalized spacial score (nSPS) is 22.5. The summed E-state index contributed by atoms with van der Waals surface area (Å²) in [7, 11) is 1.30. The first-order chi connectivity index (χ1) is 15.6. The fourth-order valence-electron chi connectivity index (χ4n) is 4.08. The van der Waals surface area contributed by atoms with Crippen LogP contribution in [-0.4, -0.2) is 72.2 Å². The predicted octanol–water partition coefficient (Wildman–Crippen LogP) is 0.917. The minimum absolute atomic E-state index is 0.100. The van der Waals surface area contributed by atoms with Crippen LogP contribution in [-0.2, 0) is 24.0 Å². The number of Topliss-reactive ketones (excluding diaryl/α,β-unsaturated/α-hetero) is 1. The zero-order valence-corrected chi connectivity index (χ0v) is 20.0. The van der Waals surface area contributed by atoms with Crippen molar-refractivity contribution >= 4 is 29.4 Å². The maximum atomic E-state index is 13.3. The maximum Gasteiger partial charge on any atom is 0.471 e. The highest BCUT2D eigenvalue weighted by Crippen LogP contribution is 2.34. The highest BCUT2D eigenvalue weighted by Gasteiger charge is 2.48. The van der Waals surface area contributed by atoms with E-state index in [9.17, 15) is 37.1 Å². The number of likely N-dealkylation sites (N-methyl/N-ethyl adjacent to an activating group) is 1. The van der Waals surface area contributed by atoms with Crippen LogP contribution >= 0.6 is 0 Å². The Morgan fingerprint density at radius 3 is 2.06 bits per heavy atom. The van der Waals surface area contributed by atoms with Crippen LogP contribution in [0.1, 0.15) is 53.4 Å². The summed E-state index contributed by atoms with van der Waals surface area (Å²) in [6.07, 6.45) is -2.72. The number of likely N-dealkylation sites (tertiary alicyclic amines) is 1. The van der Waals surface area contributed by atoms with Crippen LogP contribution in [0.2, 0.25) is 0 Å². The minimum atomic E-state index is -5.17. The van der Waals surface area contributed by atoms with E-state index in [0.29, 0.717) is 12.8 Å². The Labute approximate surface area is 196 Å². The quantitative estimate of drug-likeness (QED) is 0.437. The third kappa shape index (κ3) is 6.69. The van der Waals surface area contributed by atoms with Crippen molar-refractivity contribution in [2.24, 2.45) is 17.3 Å². The molecule has 192 valence electrons. The standard InChI is InChI=1S/C22H33F3N4O5/c1-11-8-9-29(19(33)16(21(2,3)4)28-20(34)22(23,24)25)14(11)17(31)27-13(10-12-6-7-12)15(30)18(32)26-5/h11-14,16H,6-10H2,1-5H3,(H,26,32)(H,27,31)(H,28,34)/t11-,13?,14-,16+/m0/s1. The second kappa shape index (κ2) is 10.3. The summed E-state index contributed by atoms with van der Waals surface area (Å²) < 4.78 is 38.6. The molecule has 1 saturated heterocycles. The number of carbonyl (C=O) groups is 5. The highest BCUT2D eigenvalue weighted by molar-refractivity contribution is 6.38. The summed E-state index contributed by atoms with van der Waals surface area (Å²) in [6, 6.07) is -3.65. The number of rotatable bonds is 8. The fraction of sp³-hybridized carbons (Fsp3) is 0.773. The van der Waals surface area contributed by atoms with E-state index in [4.69, 9.17) is 0 Å². The van der Waals surface area contributed by atoms with E-state index in [1.807, 2.05) is 0 Å². The Hall–Kier alpha value is -2.66. The number of nitrogens with zero attached hydrogens (tertiary/aromatic N) is 1. The SMILES string of the molecule is CNC(=O)C(=O)C(CC1CC1)NC(=O)[C@@H]1[C@@H](C)CCN1C(=O)[C@@H](NC(=O)C(F)(F)F)C(C)(C)C. The van der Waals surface area contributed by atoms with Crippen LogP contribution in [0.25, 0.3) is 0 Å². The van der Waals surface area contributed by atoms with E-state index in [-0.39, 0.29) is 18.4 Å². The maximum absolute atomic E-state index is 13.3. The van der Waals surface area contributed by atoms with Gasteiger partial charge >= 0.3 is 12.1 Å². The number of alkyl halides is 3. The molecule has 1 unspecified atom stereocenters. The number of ketones is 1. The Balaban J connectivity index is 2.25. The first-order valence-corrected chi connectivity index (χ1v) is 11.3. The lowest BCUT2D eigenvalue weighted by molar-refractivity contribution is -0.176. The number of nitrogens with one attached hydrogen (secondary N) is 3. The van der Waals surface area contributed by atoms with Crippen LogP contribution in [0.4, 0.5) is 13.2 Å². The van der Waals surface area contributed by atoms with Crippen molar-refractivity contribution in [1.29, 1.82) is 0 Å². The van der Waals surface area contributed by atoms with E-state index >= 15 is 0 Å². The Morgan fingerprint density at radius 2 is 1.59 bits per heavy atom. The molecule has 0 aromatic heterocycles. The molecule has 34 heavy (non-hydrogen) atoms. The molecule has 1 heterocycles. The van der Waals surface area contributed by atoms with Crippen LogP contribution in [0.15, 0.2) is 0 Å². The van der Waals surface area contributed by atoms with E-state index in [2.05, 4.69) is 10.6 Å². The molecule has 0 bridgehead atoms. The molecular weight excluding hydrogens is 457 g/mol. The van der Waals surface area contributed by atoms with Crippen molar-refractivity contribution in [3.05, 3.63) is 0 Å². The molecule has 0 radical (unpaired) electrons. The largest absolute Gasteiger partial charge is 0.471 e. The molecule has 2 fully saturated rings. The zero-order valence-electron chi connectivity index (χ0n) is 20.0. The second-order valence-corrected chi connectivity index (χ2v) is 10.2. The summed E-state index contributed by atoms with van der Waals surface area (Å²) in [4.78, 5) is 63.6. The van der Waals surface area contributed by atoms with E-state index in [0.717, 1.165) is 17.7 Å². The van der Waals surface area contributed by atoms with E-state index < -0.39 is 59.1 Å². The lowest BCUT2D eigenvalue weighted by atomic mass is 9.85. The summed E-state index contributed by atoms with van der Waals surface area (Å²) in [5.74, 6) is -5.49. The predicted molar refractivity (Wildman–Crippen MR) is 115 cm³/mol. The molecule has 4 atom stereocenters. The zero-order chi connectivity index (χ0) is 26.0. The summed E-state index contributed by atoms with van der Waals surface area (Å²) in [5.41, 5.74) is -1.07. The summed E-state index contributed by atoms with van der Waals surface area (Å²) >= 11 is 0. The average molecular weight is 491 g/mol. The van der Waals surface area contributed by atoms with Crippen molar-refractivity contribution in [2.45, 2.75) is 77.7 Å². The number of carbonyl (C=O) groups excluding carboxylic acids is 5. The molecule has 2 aliphatic rings. The van der Waals surface area contributed by atoms with Gasteiger partial charge in [-0.3, -0.25) is 24.0 Å². The fourth-order valence-corrected chi connectivity index (χ4v) is 4.08. The van der Waals surface area contributed by atoms with Crippen LogP contribution in [0.5, 0.6) is 0 Å². The van der Waals surface area contributed by atoms with Crippen LogP contribution < -0.4 is 16.0 Å². The number of halogens is 3. The number of hydrogen-bond acceptors (Lipinski definition) is 5. The van der Waals surface area contributed by atoms with Crippen molar-refractivity contribution in [1.82, 2.24) is 20.9 Å². The van der Waals surface area contributed by atoms with Gasteiger partial charge in [0.1, 0.15) is 12.1 Å². The highest BCUT2D eigenvalue weighted by atomic mass is 19.4. The molecule has 12 heteroatoms. The number of amides is 4. The number of hydrogen-bond donors (Lipinski definition) is 3. The van der Waals surface area contributed by atoms with Gasteiger partial charge in [0.2, 0.25) is 17.6 Å². The van der Waals surface area contributed by atoms with Gasteiger partial charge in [-0.05, 0) is 30.1 Å². The third-order valence-corrected chi connectivity index (χ3v) is 6.25. The molecule has 0 aromatic rings. The molecule has 9 nitrogen and oxygen atoms in total. The van der Waals surface area contributed by atoms with Gasteiger partial charge < -0.3 is 20.9 Å².